The molecular weight excluding hydrogens is 257 g/mol. The fourth-order valence-electron chi connectivity index (χ4n) is 1.18. The van der Waals surface area contributed by atoms with Crippen LogP contribution in [0.25, 0.3) is 0 Å². The molecule has 6 heteroatoms. The van der Waals surface area contributed by atoms with Crippen LogP contribution < -0.4 is 0 Å². The van der Waals surface area contributed by atoms with E-state index in [1.54, 1.807) is 6.92 Å². The third-order valence-electron chi connectivity index (χ3n) is 2.07. The maximum Gasteiger partial charge on any atom is 0.338 e. The Bertz CT molecular complexity index is 473. The van der Waals surface area contributed by atoms with E-state index in [2.05, 4.69) is 0 Å². The van der Waals surface area contributed by atoms with Crippen molar-refractivity contribution in [3.05, 3.63) is 29.6 Å². The topological polar surface area (TPSA) is 70.3 Å². The summed E-state index contributed by atoms with van der Waals surface area (Å²) >= 11 is 1.35. The van der Waals surface area contributed by atoms with Crippen molar-refractivity contribution in [2.75, 3.05) is 12.4 Å². The van der Waals surface area contributed by atoms with Crippen LogP contribution in [0.2, 0.25) is 0 Å². The highest BCUT2D eigenvalue weighted by Gasteiger charge is 2.10. The zero-order valence-electron chi connectivity index (χ0n) is 9.72. The molecule has 0 aliphatic heterocycles. The van der Waals surface area contributed by atoms with Crippen molar-refractivity contribution in [2.24, 2.45) is 0 Å². The first-order valence-corrected chi connectivity index (χ1v) is 6.20. The number of hydrogen-bond donors (Lipinski definition) is 1. The van der Waals surface area contributed by atoms with Gasteiger partial charge in [0.15, 0.2) is 0 Å². The average molecular weight is 269 g/mol. The van der Waals surface area contributed by atoms with Gasteiger partial charge in [-0.25, -0.2) is 9.18 Å². The Hall–Kier alpha value is -1.58. The first-order valence-electron chi connectivity index (χ1n) is 5.21. The van der Waals surface area contributed by atoms with Gasteiger partial charge in [0, 0.05) is 10.6 Å². The number of carboxylic acid groups (broad SMARTS) is 1. The summed E-state index contributed by atoms with van der Waals surface area (Å²) in [5, 5.41) is 17.2. The monoisotopic (exact) mass is 269 g/mol. The van der Waals surface area contributed by atoms with Crippen LogP contribution >= 0.6 is 11.8 Å². The molecule has 96 valence electrons. The minimum atomic E-state index is -1.29. The fourth-order valence-corrected chi connectivity index (χ4v) is 1.96. The summed E-state index contributed by atoms with van der Waals surface area (Å²) < 4.78 is 18.3. The molecule has 1 rings (SSSR count). The van der Waals surface area contributed by atoms with Crippen LogP contribution in [-0.4, -0.2) is 29.5 Å². The van der Waals surface area contributed by atoms with Crippen molar-refractivity contribution in [1.82, 2.24) is 0 Å². The van der Waals surface area contributed by atoms with Gasteiger partial charge in [0.1, 0.15) is 11.9 Å². The largest absolute Gasteiger partial charge is 0.478 e. The van der Waals surface area contributed by atoms with Crippen LogP contribution in [0.3, 0.4) is 0 Å². The number of nitriles is 1. The summed E-state index contributed by atoms with van der Waals surface area (Å²) in [4.78, 5) is 11.4. The van der Waals surface area contributed by atoms with E-state index in [1.165, 1.54) is 23.9 Å². The number of rotatable bonds is 6. The van der Waals surface area contributed by atoms with Crippen molar-refractivity contribution < 1.29 is 19.0 Å². The Kier molecular flexibility index (Phi) is 5.62. The highest BCUT2D eigenvalue weighted by Crippen LogP contribution is 2.21. The molecule has 4 nitrogen and oxygen atoms in total. The van der Waals surface area contributed by atoms with Crippen LogP contribution in [-0.2, 0) is 4.74 Å². The molecule has 1 aromatic carbocycles. The van der Waals surface area contributed by atoms with Crippen molar-refractivity contribution in [1.29, 1.82) is 5.26 Å². The van der Waals surface area contributed by atoms with Gasteiger partial charge in [-0.1, -0.05) is 0 Å². The third-order valence-corrected chi connectivity index (χ3v) is 3.03. The Morgan fingerprint density at radius 1 is 1.67 bits per heavy atom. The standard InChI is InChI=1S/C12H12FNO3S/c1-8(7-14)17-4-5-18-9-2-3-11(13)10(6-9)12(15)16/h2-3,6,8H,4-5H2,1H3,(H,15,16). The molecule has 0 saturated carbocycles. The second kappa shape index (κ2) is 6.99. The minimum Gasteiger partial charge on any atom is -0.478 e. The molecule has 0 saturated heterocycles. The van der Waals surface area contributed by atoms with Crippen LogP contribution in [0.15, 0.2) is 23.1 Å². The van der Waals surface area contributed by atoms with Gasteiger partial charge in [-0.15, -0.1) is 11.8 Å². The Balaban J connectivity index is 2.51. The first-order chi connectivity index (χ1) is 8.54. The molecule has 1 atom stereocenters. The molecule has 0 heterocycles. The van der Waals surface area contributed by atoms with Crippen LogP contribution in [0, 0.1) is 17.1 Å². The lowest BCUT2D eigenvalue weighted by Crippen LogP contribution is -2.07. The molecule has 18 heavy (non-hydrogen) atoms. The summed E-state index contributed by atoms with van der Waals surface area (Å²) in [7, 11) is 0. The maximum atomic E-state index is 13.1. The molecule has 0 aliphatic carbocycles. The molecule has 0 radical (unpaired) electrons. The number of benzene rings is 1. The lowest BCUT2D eigenvalue weighted by atomic mass is 10.2. The summed E-state index contributed by atoms with van der Waals surface area (Å²) in [5.41, 5.74) is -0.341. The van der Waals surface area contributed by atoms with Gasteiger partial charge in [-0.3, -0.25) is 0 Å². The Morgan fingerprint density at radius 2 is 2.39 bits per heavy atom. The Labute approximate surface area is 108 Å². The van der Waals surface area contributed by atoms with E-state index in [0.29, 0.717) is 17.3 Å². The number of halogens is 1. The molecular formula is C12H12FNO3S. The van der Waals surface area contributed by atoms with Crippen molar-refractivity contribution >= 4 is 17.7 Å². The summed E-state index contributed by atoms with van der Waals surface area (Å²) in [6.45, 7) is 2.02. The number of carbonyl (C=O) groups is 1. The molecule has 0 aliphatic rings. The molecule has 1 unspecified atom stereocenters. The molecule has 0 amide bonds. The second-order valence-corrected chi connectivity index (χ2v) is 4.61. The van der Waals surface area contributed by atoms with Crippen molar-refractivity contribution in [2.45, 2.75) is 17.9 Å². The molecule has 1 N–H and O–H groups in total. The van der Waals surface area contributed by atoms with Gasteiger partial charge in [-0.2, -0.15) is 5.26 Å². The number of nitrogens with zero attached hydrogens (tertiary/aromatic N) is 1. The van der Waals surface area contributed by atoms with Crippen LogP contribution in [0.5, 0.6) is 0 Å². The van der Waals surface area contributed by atoms with E-state index in [9.17, 15) is 9.18 Å². The minimum absolute atomic E-state index is 0.341. The average Bonchev–Trinajstić information content (AvgIpc) is 2.35. The van der Waals surface area contributed by atoms with Gasteiger partial charge >= 0.3 is 5.97 Å². The van der Waals surface area contributed by atoms with Crippen LogP contribution in [0.4, 0.5) is 4.39 Å². The maximum absolute atomic E-state index is 13.1. The zero-order chi connectivity index (χ0) is 13.5. The van der Waals surface area contributed by atoms with Gasteiger partial charge in [-0.05, 0) is 25.1 Å². The lowest BCUT2D eigenvalue weighted by Gasteiger charge is -2.06. The third kappa shape index (κ3) is 4.35. The lowest BCUT2D eigenvalue weighted by molar-refractivity contribution is 0.0691. The van der Waals surface area contributed by atoms with E-state index >= 15 is 0 Å². The quantitative estimate of drug-likeness (QED) is 0.634. The molecule has 0 spiro atoms. The number of aromatic carboxylic acids is 1. The predicted octanol–water partition coefficient (Wildman–Crippen LogP) is 2.54. The van der Waals surface area contributed by atoms with E-state index in [1.807, 2.05) is 6.07 Å². The summed E-state index contributed by atoms with van der Waals surface area (Å²) in [5.74, 6) is -1.47. The van der Waals surface area contributed by atoms with E-state index in [-0.39, 0.29) is 5.56 Å². The van der Waals surface area contributed by atoms with Gasteiger partial charge in [0.25, 0.3) is 0 Å². The van der Waals surface area contributed by atoms with E-state index in [4.69, 9.17) is 15.1 Å². The van der Waals surface area contributed by atoms with Gasteiger partial charge < -0.3 is 9.84 Å². The summed E-state index contributed by atoms with van der Waals surface area (Å²) in [6, 6.07) is 5.87. The molecule has 1 aromatic rings. The first kappa shape index (κ1) is 14.5. The number of hydrogen-bond acceptors (Lipinski definition) is 4. The van der Waals surface area contributed by atoms with E-state index < -0.39 is 17.9 Å². The highest BCUT2D eigenvalue weighted by atomic mass is 32.2. The normalized spacial score (nSPS) is 11.8. The smallest absolute Gasteiger partial charge is 0.338 e. The number of thioether (sulfide) groups is 1. The van der Waals surface area contributed by atoms with Crippen LogP contribution in [0.1, 0.15) is 17.3 Å². The highest BCUT2D eigenvalue weighted by molar-refractivity contribution is 7.99. The second-order valence-electron chi connectivity index (χ2n) is 3.44. The van der Waals surface area contributed by atoms with Crippen molar-refractivity contribution in [3.8, 4) is 6.07 Å². The fraction of sp³-hybridized carbons (Fsp3) is 0.333. The van der Waals surface area contributed by atoms with Gasteiger partial charge in [0.2, 0.25) is 0 Å². The Morgan fingerprint density at radius 3 is 3.00 bits per heavy atom. The SMILES string of the molecule is CC(C#N)OCCSc1ccc(F)c(C(=O)O)c1. The number of carboxylic acids is 1. The molecule has 0 bridgehead atoms. The van der Waals surface area contributed by atoms with Crippen molar-refractivity contribution in [3.63, 3.8) is 0 Å². The zero-order valence-corrected chi connectivity index (χ0v) is 10.5. The molecule has 0 fully saturated rings. The van der Waals surface area contributed by atoms with E-state index in [0.717, 1.165) is 6.07 Å². The number of ether oxygens (including phenoxy) is 1. The van der Waals surface area contributed by atoms with Gasteiger partial charge in [0.05, 0.1) is 18.2 Å². The predicted molar refractivity (Wildman–Crippen MR) is 65.1 cm³/mol. The summed E-state index contributed by atoms with van der Waals surface area (Å²) in [6.07, 6.45) is -0.464. The molecule has 0 aromatic heterocycles.